The molecule has 4 nitrogen and oxygen atoms in total. The number of rotatable bonds is 0. The fourth-order valence-electron chi connectivity index (χ4n) is 2.59. The average Bonchev–Trinajstić information content (AvgIpc) is 2.16. The first-order valence-corrected chi connectivity index (χ1v) is 5.16. The van der Waals surface area contributed by atoms with Crippen LogP contribution in [0.2, 0.25) is 0 Å². The summed E-state index contributed by atoms with van der Waals surface area (Å²) in [7, 11) is 0. The molecule has 0 unspecified atom stereocenters. The number of carbonyl (C=O) groups is 2. The Hall–Kier alpha value is -1.06. The van der Waals surface area contributed by atoms with Crippen LogP contribution in [0.15, 0.2) is 0 Å². The van der Waals surface area contributed by atoms with Gasteiger partial charge in [0.2, 0.25) is 0 Å². The molecule has 0 aromatic carbocycles. The van der Waals surface area contributed by atoms with Gasteiger partial charge in [0.15, 0.2) is 0 Å². The summed E-state index contributed by atoms with van der Waals surface area (Å²) < 4.78 is 0. The summed E-state index contributed by atoms with van der Waals surface area (Å²) in [6.45, 7) is 1.23. The van der Waals surface area contributed by atoms with Crippen LogP contribution in [0.4, 0.5) is 4.79 Å². The summed E-state index contributed by atoms with van der Waals surface area (Å²) in [4.78, 5) is 23.4. The van der Waals surface area contributed by atoms with Crippen LogP contribution >= 0.6 is 0 Å². The smallest absolute Gasteiger partial charge is 0.407 e. The van der Waals surface area contributed by atoms with Crippen LogP contribution in [0, 0.1) is 11.8 Å². The fourth-order valence-corrected chi connectivity index (χ4v) is 2.59. The second-order valence-electron chi connectivity index (χ2n) is 4.32. The zero-order valence-electron chi connectivity index (χ0n) is 8.11. The number of hydrogen-bond acceptors (Lipinski definition) is 2. The second-order valence-corrected chi connectivity index (χ2v) is 4.32. The summed E-state index contributed by atoms with van der Waals surface area (Å²) in [5.41, 5.74) is 0. The van der Waals surface area contributed by atoms with E-state index in [0.717, 1.165) is 12.8 Å². The minimum absolute atomic E-state index is 0.357. The number of ketones is 1. The molecule has 0 spiro atoms. The highest BCUT2D eigenvalue weighted by molar-refractivity contribution is 5.79. The molecule has 4 heteroatoms. The first kappa shape index (κ1) is 9.49. The highest BCUT2D eigenvalue weighted by Crippen LogP contribution is 2.34. The van der Waals surface area contributed by atoms with Gasteiger partial charge in [-0.3, -0.25) is 4.79 Å². The van der Waals surface area contributed by atoms with Gasteiger partial charge in [0.1, 0.15) is 5.78 Å². The Labute approximate surface area is 82.9 Å². The molecular formula is C10H15NO3. The van der Waals surface area contributed by atoms with Crippen molar-refractivity contribution in [2.45, 2.75) is 25.7 Å². The van der Waals surface area contributed by atoms with Gasteiger partial charge in [-0.1, -0.05) is 0 Å². The normalized spacial score (nSPS) is 32.6. The highest BCUT2D eigenvalue weighted by atomic mass is 16.4. The van der Waals surface area contributed by atoms with Crippen LogP contribution < -0.4 is 0 Å². The van der Waals surface area contributed by atoms with Crippen molar-refractivity contribution < 1.29 is 14.7 Å². The highest BCUT2D eigenvalue weighted by Gasteiger charge is 2.35. The number of amides is 1. The van der Waals surface area contributed by atoms with E-state index in [1.165, 1.54) is 4.90 Å². The number of carbonyl (C=O) groups excluding carboxylic acids is 1. The molecule has 2 atom stereocenters. The molecule has 2 rings (SSSR count). The molecule has 14 heavy (non-hydrogen) atoms. The van der Waals surface area contributed by atoms with E-state index in [2.05, 4.69) is 0 Å². The molecular weight excluding hydrogens is 182 g/mol. The minimum atomic E-state index is -0.819. The Morgan fingerprint density at radius 1 is 1.36 bits per heavy atom. The Bertz CT molecular complexity index is 264. The molecule has 1 aliphatic carbocycles. The fraction of sp³-hybridized carbons (Fsp3) is 0.800. The first-order valence-electron chi connectivity index (χ1n) is 5.16. The molecule has 1 heterocycles. The number of carboxylic acid groups (broad SMARTS) is 1. The van der Waals surface area contributed by atoms with E-state index in [1.54, 1.807) is 0 Å². The average molecular weight is 197 g/mol. The number of nitrogens with zero attached hydrogens (tertiary/aromatic N) is 1. The lowest BCUT2D eigenvalue weighted by atomic mass is 9.75. The van der Waals surface area contributed by atoms with Crippen molar-refractivity contribution in [2.75, 3.05) is 13.1 Å². The molecule has 0 radical (unpaired) electrons. The van der Waals surface area contributed by atoms with Gasteiger partial charge < -0.3 is 10.0 Å². The van der Waals surface area contributed by atoms with Crippen LogP contribution in [0.3, 0.4) is 0 Å². The van der Waals surface area contributed by atoms with E-state index < -0.39 is 6.09 Å². The largest absolute Gasteiger partial charge is 0.465 e. The molecule has 0 aromatic heterocycles. The van der Waals surface area contributed by atoms with E-state index in [0.29, 0.717) is 43.6 Å². The Balaban J connectivity index is 1.98. The van der Waals surface area contributed by atoms with Crippen molar-refractivity contribution in [3.63, 3.8) is 0 Å². The van der Waals surface area contributed by atoms with Gasteiger partial charge in [-0.25, -0.2) is 4.79 Å². The number of piperidine rings is 1. The molecule has 0 bridgehead atoms. The first-order chi connectivity index (χ1) is 6.66. The molecule has 2 aliphatic rings. The van der Waals surface area contributed by atoms with Crippen LogP contribution in [0.1, 0.15) is 25.7 Å². The Morgan fingerprint density at radius 2 is 2.14 bits per heavy atom. The quantitative estimate of drug-likeness (QED) is 0.637. The van der Waals surface area contributed by atoms with Gasteiger partial charge in [0.05, 0.1) is 0 Å². The summed E-state index contributed by atoms with van der Waals surface area (Å²) in [5, 5.41) is 8.84. The molecule has 1 N–H and O–H groups in total. The Morgan fingerprint density at radius 3 is 2.86 bits per heavy atom. The zero-order chi connectivity index (χ0) is 10.1. The van der Waals surface area contributed by atoms with Crippen molar-refractivity contribution in [2.24, 2.45) is 11.8 Å². The maximum Gasteiger partial charge on any atom is 0.407 e. The minimum Gasteiger partial charge on any atom is -0.465 e. The maximum atomic E-state index is 11.2. The number of fused-ring (bicyclic) bond motifs is 1. The van der Waals surface area contributed by atoms with E-state index in [4.69, 9.17) is 5.11 Å². The van der Waals surface area contributed by atoms with Gasteiger partial charge in [-0.15, -0.1) is 0 Å². The van der Waals surface area contributed by atoms with Crippen molar-refractivity contribution in [1.29, 1.82) is 0 Å². The summed E-state index contributed by atoms with van der Waals surface area (Å²) in [6, 6.07) is 0. The van der Waals surface area contributed by atoms with Crippen molar-refractivity contribution >= 4 is 11.9 Å². The predicted molar refractivity (Wildman–Crippen MR) is 50.1 cm³/mol. The van der Waals surface area contributed by atoms with Crippen LogP contribution in [-0.4, -0.2) is 35.0 Å². The lowest BCUT2D eigenvalue weighted by Crippen LogP contribution is -2.45. The summed E-state index contributed by atoms with van der Waals surface area (Å²) in [6.07, 6.45) is 2.25. The van der Waals surface area contributed by atoms with Gasteiger partial charge in [0, 0.05) is 25.9 Å². The standard InChI is InChI=1S/C10H15NO3/c12-9-2-1-8-6-11(10(13)14)4-3-7(8)5-9/h7-8H,1-6H2,(H,13,14)/t7-,8-/m0/s1. The van der Waals surface area contributed by atoms with Crippen LogP contribution in [0.5, 0.6) is 0 Å². The predicted octanol–water partition coefficient (Wildman–Crippen LogP) is 1.36. The van der Waals surface area contributed by atoms with Gasteiger partial charge in [-0.2, -0.15) is 0 Å². The summed E-state index contributed by atoms with van der Waals surface area (Å²) >= 11 is 0. The SMILES string of the molecule is O=C1CC[C@H]2CN(C(=O)O)CC[C@H]2C1. The van der Waals surface area contributed by atoms with Crippen molar-refractivity contribution in [3.8, 4) is 0 Å². The van der Waals surface area contributed by atoms with Crippen molar-refractivity contribution in [1.82, 2.24) is 4.90 Å². The van der Waals surface area contributed by atoms with Gasteiger partial charge >= 0.3 is 6.09 Å². The lowest BCUT2D eigenvalue weighted by molar-refractivity contribution is -0.123. The second kappa shape index (κ2) is 3.59. The molecule has 1 aliphatic heterocycles. The third-order valence-electron chi connectivity index (χ3n) is 3.45. The zero-order valence-corrected chi connectivity index (χ0v) is 8.11. The van der Waals surface area contributed by atoms with E-state index in [-0.39, 0.29) is 0 Å². The van der Waals surface area contributed by atoms with Crippen LogP contribution in [-0.2, 0) is 4.79 Å². The lowest BCUT2D eigenvalue weighted by Gasteiger charge is -2.39. The maximum absolute atomic E-state index is 11.2. The monoisotopic (exact) mass is 197 g/mol. The summed E-state index contributed by atoms with van der Waals surface area (Å²) in [5.74, 6) is 1.24. The third kappa shape index (κ3) is 1.74. The van der Waals surface area contributed by atoms with E-state index in [1.807, 2.05) is 0 Å². The molecule has 0 aromatic rings. The molecule has 1 saturated carbocycles. The number of hydrogen-bond donors (Lipinski definition) is 1. The Kier molecular flexibility index (Phi) is 2.44. The topological polar surface area (TPSA) is 57.6 Å². The molecule has 1 amide bonds. The molecule has 1 saturated heterocycles. The van der Waals surface area contributed by atoms with Crippen molar-refractivity contribution in [3.05, 3.63) is 0 Å². The molecule has 2 fully saturated rings. The van der Waals surface area contributed by atoms with E-state index in [9.17, 15) is 9.59 Å². The van der Waals surface area contributed by atoms with Gasteiger partial charge in [0.25, 0.3) is 0 Å². The van der Waals surface area contributed by atoms with Gasteiger partial charge in [-0.05, 0) is 24.7 Å². The number of Topliss-reactive ketones (excluding diaryl/α,β-unsaturated/α-hetero) is 1. The third-order valence-corrected chi connectivity index (χ3v) is 3.45. The molecule has 78 valence electrons. The number of likely N-dealkylation sites (tertiary alicyclic amines) is 1. The van der Waals surface area contributed by atoms with E-state index >= 15 is 0 Å². The van der Waals surface area contributed by atoms with Crippen LogP contribution in [0.25, 0.3) is 0 Å².